The van der Waals surface area contributed by atoms with E-state index in [0.717, 1.165) is 89.7 Å². The molecule has 2 N–H and O–H groups in total. The predicted molar refractivity (Wildman–Crippen MR) is 194 cm³/mol. The SMILES string of the molecule is C1=Cc2nc1cc1cc(-c3ccccc3)c([nH]1)c(-c1ccccn1)c1nc(c(-c3ccccn3)c3ccc([nH]3)c2-c2ccccn2)C=C1. The van der Waals surface area contributed by atoms with Crippen molar-refractivity contribution in [1.82, 2.24) is 34.9 Å². The van der Waals surface area contributed by atoms with Crippen LogP contribution in [0.15, 0.2) is 128 Å². The lowest BCUT2D eigenvalue weighted by Gasteiger charge is -2.06. The second-order valence-corrected chi connectivity index (χ2v) is 11.6. The number of nitrogens with one attached hydrogen (secondary N) is 2. The molecule has 0 unspecified atom stereocenters. The Morgan fingerprint density at radius 2 is 0.979 bits per heavy atom. The summed E-state index contributed by atoms with van der Waals surface area (Å²) in [6.45, 7) is 0. The van der Waals surface area contributed by atoms with Crippen LogP contribution in [0.5, 0.6) is 0 Å². The van der Waals surface area contributed by atoms with Gasteiger partial charge >= 0.3 is 0 Å². The van der Waals surface area contributed by atoms with Gasteiger partial charge in [0.1, 0.15) is 0 Å². The van der Waals surface area contributed by atoms with Crippen LogP contribution in [-0.4, -0.2) is 34.9 Å². The first kappa shape index (κ1) is 27.6. The minimum Gasteiger partial charge on any atom is -0.354 e. The molecule has 48 heavy (non-hydrogen) atoms. The first-order chi connectivity index (χ1) is 23.8. The maximum absolute atomic E-state index is 5.31. The second kappa shape index (κ2) is 11.6. The van der Waals surface area contributed by atoms with E-state index in [2.05, 4.69) is 76.7 Å². The molecule has 7 aromatic rings. The zero-order valence-corrected chi connectivity index (χ0v) is 25.7. The summed E-state index contributed by atoms with van der Waals surface area (Å²) in [5.74, 6) is 0. The van der Waals surface area contributed by atoms with Gasteiger partial charge in [-0.2, -0.15) is 0 Å². The van der Waals surface area contributed by atoms with E-state index < -0.39 is 0 Å². The van der Waals surface area contributed by atoms with Crippen molar-refractivity contribution in [3.05, 3.63) is 151 Å². The normalized spacial score (nSPS) is 12.0. The van der Waals surface area contributed by atoms with Gasteiger partial charge in [0.05, 0.1) is 62.0 Å². The molecule has 2 aliphatic heterocycles. The number of benzene rings is 1. The molecular weight excluding hydrogens is 591 g/mol. The third kappa shape index (κ3) is 4.91. The first-order valence-corrected chi connectivity index (χ1v) is 15.8. The van der Waals surface area contributed by atoms with Gasteiger partial charge < -0.3 is 9.97 Å². The fraction of sp³-hybridized carbons (Fsp3) is 0. The molecule has 2 aliphatic rings. The second-order valence-electron chi connectivity index (χ2n) is 11.6. The zero-order chi connectivity index (χ0) is 31.9. The first-order valence-electron chi connectivity index (χ1n) is 15.8. The molecule has 1 aromatic carbocycles. The van der Waals surface area contributed by atoms with Gasteiger partial charge in [-0.15, -0.1) is 0 Å². The molecule has 0 saturated carbocycles. The molecule has 8 heterocycles. The number of fused-ring (bicyclic) bond motifs is 8. The van der Waals surface area contributed by atoms with E-state index in [0.29, 0.717) is 0 Å². The fourth-order valence-corrected chi connectivity index (χ4v) is 6.41. The highest BCUT2D eigenvalue weighted by atomic mass is 14.8. The number of pyridine rings is 3. The maximum atomic E-state index is 5.31. The Morgan fingerprint density at radius 3 is 1.58 bits per heavy atom. The topological polar surface area (TPSA) is 96.0 Å². The Balaban J connectivity index is 1.48. The summed E-state index contributed by atoms with van der Waals surface area (Å²) in [5, 5.41) is 0. The number of H-pyrrole nitrogens is 2. The van der Waals surface area contributed by atoms with Crippen molar-refractivity contribution in [3.8, 4) is 44.9 Å². The molecule has 9 rings (SSSR count). The Bertz CT molecular complexity index is 2530. The third-order valence-electron chi connectivity index (χ3n) is 8.53. The van der Waals surface area contributed by atoms with Crippen molar-refractivity contribution < 1.29 is 0 Å². The lowest BCUT2D eigenvalue weighted by molar-refractivity contribution is 1.26. The summed E-state index contributed by atoms with van der Waals surface area (Å²) in [7, 11) is 0. The monoisotopic (exact) mass is 617 g/mol. The summed E-state index contributed by atoms with van der Waals surface area (Å²) in [5.41, 5.74) is 14.2. The Kier molecular flexibility index (Phi) is 6.64. The van der Waals surface area contributed by atoms with Crippen molar-refractivity contribution in [2.24, 2.45) is 0 Å². The average Bonchev–Trinajstić information content (AvgIpc) is 3.97. The van der Waals surface area contributed by atoms with Crippen LogP contribution in [-0.2, 0) is 0 Å². The number of aromatic nitrogens is 7. The summed E-state index contributed by atoms with van der Waals surface area (Å²) in [4.78, 5) is 32.2. The number of rotatable bonds is 4. The molecule has 0 spiro atoms. The van der Waals surface area contributed by atoms with Crippen LogP contribution < -0.4 is 0 Å². The molecule has 0 fully saturated rings. The standard InChI is InChI=1S/C41H27N7/c1-2-10-26(11-3-1)29-25-28-24-27-15-16-33(45-27)38(30-12-4-7-21-42-30)34-17-18-35(47-34)39(31-13-5-8-22-43-31)36-19-20-37(48-36)40(41(29)46-28)32-14-6-9-23-44-32/h1-25,46-47H. The minimum absolute atomic E-state index is 0.797. The Hall–Kier alpha value is -6.73. The van der Waals surface area contributed by atoms with Gasteiger partial charge in [0.25, 0.3) is 0 Å². The van der Waals surface area contributed by atoms with Crippen LogP contribution in [0.2, 0.25) is 0 Å². The largest absolute Gasteiger partial charge is 0.354 e. The molecular formula is C41H27N7. The third-order valence-corrected chi connectivity index (χ3v) is 8.53. The molecule has 7 nitrogen and oxygen atoms in total. The molecule has 226 valence electrons. The van der Waals surface area contributed by atoms with E-state index in [1.165, 1.54) is 0 Å². The van der Waals surface area contributed by atoms with Crippen LogP contribution in [0.3, 0.4) is 0 Å². The molecule has 0 saturated heterocycles. The molecule has 0 radical (unpaired) electrons. The molecule has 0 amide bonds. The predicted octanol–water partition coefficient (Wildman–Crippen LogP) is 9.51. The van der Waals surface area contributed by atoms with E-state index in [4.69, 9.17) is 24.9 Å². The molecule has 7 heteroatoms. The quantitative estimate of drug-likeness (QED) is 0.205. The van der Waals surface area contributed by atoms with E-state index in [1.54, 1.807) is 0 Å². The fourth-order valence-electron chi connectivity index (χ4n) is 6.41. The van der Waals surface area contributed by atoms with Gasteiger partial charge in [-0.1, -0.05) is 48.5 Å². The highest BCUT2D eigenvalue weighted by molar-refractivity contribution is 6.00. The maximum Gasteiger partial charge on any atom is 0.0753 e. The molecule has 6 aromatic heterocycles. The summed E-state index contributed by atoms with van der Waals surface area (Å²) >= 11 is 0. The van der Waals surface area contributed by atoms with Gasteiger partial charge in [0.15, 0.2) is 0 Å². The van der Waals surface area contributed by atoms with Gasteiger partial charge in [0, 0.05) is 40.8 Å². The minimum atomic E-state index is 0.797. The van der Waals surface area contributed by atoms with Crippen molar-refractivity contribution in [2.75, 3.05) is 0 Å². The van der Waals surface area contributed by atoms with Crippen LogP contribution >= 0.6 is 0 Å². The highest BCUT2D eigenvalue weighted by Crippen LogP contribution is 2.38. The van der Waals surface area contributed by atoms with Crippen LogP contribution in [0, 0.1) is 0 Å². The van der Waals surface area contributed by atoms with Crippen molar-refractivity contribution >= 4 is 46.4 Å². The summed E-state index contributed by atoms with van der Waals surface area (Å²) in [6.07, 6.45) is 13.7. The van der Waals surface area contributed by atoms with E-state index >= 15 is 0 Å². The van der Waals surface area contributed by atoms with Gasteiger partial charge in [-0.05, 0) is 90.5 Å². The summed E-state index contributed by atoms with van der Waals surface area (Å²) in [6, 6.07) is 36.7. The van der Waals surface area contributed by atoms with E-state index in [1.807, 2.05) is 85.3 Å². The van der Waals surface area contributed by atoms with Crippen LogP contribution in [0.25, 0.3) is 91.3 Å². The number of hydrogen-bond donors (Lipinski definition) is 2. The number of aromatic amines is 2. The van der Waals surface area contributed by atoms with Crippen molar-refractivity contribution in [1.29, 1.82) is 0 Å². The van der Waals surface area contributed by atoms with Crippen molar-refractivity contribution in [3.63, 3.8) is 0 Å². The van der Waals surface area contributed by atoms with E-state index in [9.17, 15) is 0 Å². The van der Waals surface area contributed by atoms with Crippen LogP contribution in [0.4, 0.5) is 0 Å². The zero-order valence-electron chi connectivity index (χ0n) is 25.7. The van der Waals surface area contributed by atoms with Gasteiger partial charge in [-0.25, -0.2) is 9.97 Å². The van der Waals surface area contributed by atoms with Crippen molar-refractivity contribution in [2.45, 2.75) is 0 Å². The van der Waals surface area contributed by atoms with Gasteiger partial charge in [0.2, 0.25) is 0 Å². The lowest BCUT2D eigenvalue weighted by Crippen LogP contribution is -1.91. The number of hydrogen-bond acceptors (Lipinski definition) is 5. The van der Waals surface area contributed by atoms with Crippen LogP contribution in [0.1, 0.15) is 22.8 Å². The average molecular weight is 618 g/mol. The van der Waals surface area contributed by atoms with Gasteiger partial charge in [-0.3, -0.25) is 15.0 Å². The molecule has 0 atom stereocenters. The van der Waals surface area contributed by atoms with E-state index in [-0.39, 0.29) is 0 Å². The Labute approximate surface area is 276 Å². The summed E-state index contributed by atoms with van der Waals surface area (Å²) < 4.78 is 0. The lowest BCUT2D eigenvalue weighted by atomic mass is 10.0. The Morgan fingerprint density at radius 1 is 0.438 bits per heavy atom. The number of nitrogens with zero attached hydrogens (tertiary/aromatic N) is 5. The molecule has 8 bridgehead atoms. The smallest absolute Gasteiger partial charge is 0.0753 e. The molecule has 0 aliphatic carbocycles. The highest BCUT2D eigenvalue weighted by Gasteiger charge is 2.19.